The molecule has 144 valence electrons. The van der Waals surface area contributed by atoms with Gasteiger partial charge in [0.25, 0.3) is 11.8 Å². The molecule has 2 aromatic carbocycles. The quantitative estimate of drug-likeness (QED) is 0.882. The van der Waals surface area contributed by atoms with Gasteiger partial charge >= 0.3 is 0 Å². The van der Waals surface area contributed by atoms with Crippen LogP contribution >= 0.6 is 0 Å². The second kappa shape index (κ2) is 6.74. The molecule has 2 aliphatic rings. The minimum atomic E-state index is -0.935. The molecule has 0 bridgehead atoms. The fourth-order valence-corrected chi connectivity index (χ4v) is 3.83. The smallest absolute Gasteiger partial charge is 0.260 e. The number of likely N-dealkylation sites (tertiary alicyclic amines) is 1. The maximum atomic E-state index is 13.7. The van der Waals surface area contributed by atoms with Crippen molar-refractivity contribution in [2.24, 2.45) is 5.41 Å². The van der Waals surface area contributed by atoms with Gasteiger partial charge in [-0.15, -0.1) is 0 Å². The fraction of sp³-hybridized carbons (Fsp3) is 0.286. The van der Waals surface area contributed by atoms with E-state index in [1.807, 2.05) is 0 Å². The van der Waals surface area contributed by atoms with Gasteiger partial charge in [-0.05, 0) is 25.1 Å². The van der Waals surface area contributed by atoms with Crippen molar-refractivity contribution in [2.75, 3.05) is 19.7 Å². The number of ether oxygens (including phenoxy) is 1. The second-order valence-corrected chi connectivity index (χ2v) is 7.31. The Kier molecular flexibility index (Phi) is 4.37. The van der Waals surface area contributed by atoms with Gasteiger partial charge < -0.3 is 15.0 Å². The van der Waals surface area contributed by atoms with Gasteiger partial charge in [0.15, 0.2) is 24.0 Å². The van der Waals surface area contributed by atoms with E-state index in [-0.39, 0.29) is 43.0 Å². The van der Waals surface area contributed by atoms with Crippen LogP contribution < -0.4 is 10.1 Å². The highest BCUT2D eigenvalue weighted by molar-refractivity contribution is 6.12. The summed E-state index contributed by atoms with van der Waals surface area (Å²) in [7, 11) is 0. The molecule has 6 nitrogen and oxygen atoms in total. The van der Waals surface area contributed by atoms with E-state index >= 15 is 0 Å². The van der Waals surface area contributed by atoms with Crippen LogP contribution in [0.15, 0.2) is 48.5 Å². The predicted octanol–water partition coefficient (Wildman–Crippen LogP) is 2.05. The summed E-state index contributed by atoms with van der Waals surface area (Å²) in [5, 5.41) is 2.88. The SMILES string of the molecule is C[C@]12CN(C(=O)COc3ccccc3F)C[C@H]1NC(=O)c1ccccc1C2=O. The Bertz CT molecular complexity index is 976. The number of benzene rings is 2. The molecular weight excluding hydrogens is 363 g/mol. The van der Waals surface area contributed by atoms with E-state index in [4.69, 9.17) is 4.74 Å². The van der Waals surface area contributed by atoms with Crippen molar-refractivity contribution in [2.45, 2.75) is 13.0 Å². The number of hydrogen-bond acceptors (Lipinski definition) is 4. The number of halogens is 1. The monoisotopic (exact) mass is 382 g/mol. The lowest BCUT2D eigenvalue weighted by Crippen LogP contribution is -2.47. The Morgan fingerprint density at radius 1 is 1.18 bits per heavy atom. The minimum absolute atomic E-state index is 0.00576. The van der Waals surface area contributed by atoms with Crippen LogP contribution in [0.4, 0.5) is 4.39 Å². The number of ketones is 1. The standard InChI is InChI=1S/C21H19FN2O4/c1-21-12-24(18(25)11-28-16-9-5-4-8-15(16)22)10-17(21)23-20(27)14-7-3-2-6-13(14)19(21)26/h2-9,17H,10-12H2,1H3,(H,23,27)/t17-,21+/m1/s1. The predicted molar refractivity (Wildman–Crippen MR) is 98.6 cm³/mol. The second-order valence-electron chi connectivity index (χ2n) is 7.31. The molecule has 0 saturated carbocycles. The van der Waals surface area contributed by atoms with Crippen molar-refractivity contribution in [3.8, 4) is 5.75 Å². The van der Waals surface area contributed by atoms with Crippen molar-refractivity contribution in [3.63, 3.8) is 0 Å². The Balaban J connectivity index is 1.52. The maximum Gasteiger partial charge on any atom is 0.260 e. The normalized spacial score (nSPS) is 23.5. The van der Waals surface area contributed by atoms with Gasteiger partial charge in [0.2, 0.25) is 0 Å². The number of nitrogens with one attached hydrogen (secondary N) is 1. The van der Waals surface area contributed by atoms with Gasteiger partial charge in [0.1, 0.15) is 0 Å². The van der Waals surface area contributed by atoms with Crippen molar-refractivity contribution in [1.82, 2.24) is 10.2 Å². The molecule has 0 aliphatic carbocycles. The molecule has 2 amide bonds. The Labute approximate surface area is 161 Å². The van der Waals surface area contributed by atoms with Gasteiger partial charge in [0, 0.05) is 18.7 Å². The first kappa shape index (κ1) is 18.2. The molecule has 1 N–H and O–H groups in total. The molecule has 2 aromatic rings. The molecule has 0 spiro atoms. The number of amides is 2. The maximum absolute atomic E-state index is 13.7. The summed E-state index contributed by atoms with van der Waals surface area (Å²) in [6, 6.07) is 12.0. The molecule has 1 saturated heterocycles. The first-order valence-corrected chi connectivity index (χ1v) is 9.00. The van der Waals surface area contributed by atoms with Gasteiger partial charge in [-0.3, -0.25) is 14.4 Å². The van der Waals surface area contributed by atoms with E-state index in [2.05, 4.69) is 5.32 Å². The van der Waals surface area contributed by atoms with Crippen LogP contribution in [0.25, 0.3) is 0 Å². The number of para-hydroxylation sites is 1. The van der Waals surface area contributed by atoms with E-state index in [1.54, 1.807) is 37.3 Å². The van der Waals surface area contributed by atoms with Crippen molar-refractivity contribution < 1.29 is 23.5 Å². The third-order valence-electron chi connectivity index (χ3n) is 5.47. The number of hydrogen-bond donors (Lipinski definition) is 1. The van der Waals surface area contributed by atoms with E-state index in [9.17, 15) is 18.8 Å². The fourth-order valence-electron chi connectivity index (χ4n) is 3.83. The molecule has 28 heavy (non-hydrogen) atoms. The number of rotatable bonds is 3. The van der Waals surface area contributed by atoms with Crippen molar-refractivity contribution >= 4 is 17.6 Å². The molecule has 0 radical (unpaired) electrons. The van der Waals surface area contributed by atoms with E-state index in [0.29, 0.717) is 11.1 Å². The average Bonchev–Trinajstić information content (AvgIpc) is 3.00. The molecule has 7 heteroatoms. The first-order chi connectivity index (χ1) is 13.4. The van der Waals surface area contributed by atoms with Crippen LogP contribution in [0.1, 0.15) is 27.6 Å². The molecule has 0 aromatic heterocycles. The number of Topliss-reactive ketones (excluding diaryl/α,β-unsaturated/α-hetero) is 1. The molecule has 0 unspecified atom stereocenters. The van der Waals surface area contributed by atoms with Crippen LogP contribution in [-0.4, -0.2) is 48.2 Å². The van der Waals surface area contributed by atoms with Crippen LogP contribution in [0.3, 0.4) is 0 Å². The number of fused-ring (bicyclic) bond motifs is 2. The summed E-state index contributed by atoms with van der Waals surface area (Å²) in [5.41, 5.74) is -0.221. The Hall–Kier alpha value is -3.22. The van der Waals surface area contributed by atoms with Gasteiger partial charge in [-0.2, -0.15) is 0 Å². The molecule has 2 atom stereocenters. The minimum Gasteiger partial charge on any atom is -0.481 e. The summed E-state index contributed by atoms with van der Waals surface area (Å²) >= 11 is 0. The van der Waals surface area contributed by atoms with Crippen LogP contribution in [0, 0.1) is 11.2 Å². The Morgan fingerprint density at radius 3 is 2.61 bits per heavy atom. The van der Waals surface area contributed by atoms with Crippen LogP contribution in [0.2, 0.25) is 0 Å². The highest BCUT2D eigenvalue weighted by atomic mass is 19.1. The van der Waals surface area contributed by atoms with Crippen LogP contribution in [-0.2, 0) is 4.79 Å². The number of carbonyl (C=O) groups is 3. The summed E-state index contributed by atoms with van der Waals surface area (Å²) in [4.78, 5) is 39.8. The first-order valence-electron chi connectivity index (χ1n) is 9.00. The van der Waals surface area contributed by atoms with E-state index < -0.39 is 17.3 Å². The molecule has 4 rings (SSSR count). The van der Waals surface area contributed by atoms with Gasteiger partial charge in [-0.25, -0.2) is 4.39 Å². The third kappa shape index (κ3) is 2.93. The van der Waals surface area contributed by atoms with Gasteiger partial charge in [-0.1, -0.05) is 30.3 Å². The average molecular weight is 382 g/mol. The molecular formula is C21H19FN2O4. The molecule has 1 fully saturated rings. The van der Waals surface area contributed by atoms with E-state index in [1.165, 1.54) is 23.1 Å². The highest BCUT2D eigenvalue weighted by Gasteiger charge is 2.52. The Morgan fingerprint density at radius 2 is 1.86 bits per heavy atom. The number of carbonyl (C=O) groups excluding carboxylic acids is 3. The third-order valence-corrected chi connectivity index (χ3v) is 5.47. The zero-order chi connectivity index (χ0) is 19.9. The molecule has 2 aliphatic heterocycles. The number of nitrogens with zero attached hydrogens (tertiary/aromatic N) is 1. The zero-order valence-electron chi connectivity index (χ0n) is 15.3. The lowest BCUT2D eigenvalue weighted by molar-refractivity contribution is -0.132. The summed E-state index contributed by atoms with van der Waals surface area (Å²) in [6.07, 6.45) is 0. The molecule has 2 heterocycles. The lowest BCUT2D eigenvalue weighted by atomic mass is 9.78. The summed E-state index contributed by atoms with van der Waals surface area (Å²) < 4.78 is 18.9. The zero-order valence-corrected chi connectivity index (χ0v) is 15.3. The largest absolute Gasteiger partial charge is 0.481 e. The van der Waals surface area contributed by atoms with Crippen molar-refractivity contribution in [1.29, 1.82) is 0 Å². The topological polar surface area (TPSA) is 75.7 Å². The summed E-state index contributed by atoms with van der Waals surface area (Å²) in [6.45, 7) is 1.77. The van der Waals surface area contributed by atoms with Crippen molar-refractivity contribution in [3.05, 3.63) is 65.5 Å². The van der Waals surface area contributed by atoms with E-state index in [0.717, 1.165) is 0 Å². The van der Waals surface area contributed by atoms with Crippen LogP contribution in [0.5, 0.6) is 5.75 Å². The highest BCUT2D eigenvalue weighted by Crippen LogP contribution is 2.37. The van der Waals surface area contributed by atoms with Gasteiger partial charge in [0.05, 0.1) is 17.0 Å². The lowest BCUT2D eigenvalue weighted by Gasteiger charge is -2.26. The summed E-state index contributed by atoms with van der Waals surface area (Å²) in [5.74, 6) is -1.42.